The molecule has 0 fully saturated rings. The van der Waals surface area contributed by atoms with Crippen molar-refractivity contribution in [2.75, 3.05) is 20.7 Å². The van der Waals surface area contributed by atoms with Crippen LogP contribution in [0.5, 0.6) is 17.2 Å². The summed E-state index contributed by atoms with van der Waals surface area (Å²) in [7, 11) is 3.77. The molecule has 0 atom stereocenters. The van der Waals surface area contributed by atoms with Crippen LogP contribution < -0.4 is 9.47 Å². The highest BCUT2D eigenvalue weighted by Gasteiger charge is 2.28. The monoisotopic (exact) mass is 366 g/mol. The summed E-state index contributed by atoms with van der Waals surface area (Å²) in [5.74, 6) is 1.11. The van der Waals surface area contributed by atoms with Crippen LogP contribution in [-0.2, 0) is 0 Å². The van der Waals surface area contributed by atoms with E-state index in [0.29, 0.717) is 11.5 Å². The van der Waals surface area contributed by atoms with Gasteiger partial charge in [0.2, 0.25) is 0 Å². The van der Waals surface area contributed by atoms with Gasteiger partial charge >= 0.3 is 6.18 Å². The molecule has 0 aromatic heterocycles. The van der Waals surface area contributed by atoms with Crippen molar-refractivity contribution in [3.8, 4) is 17.2 Å². The molecule has 0 N–H and O–H groups in total. The maximum atomic E-state index is 12.3. The number of nitrogens with zero attached hydrogens (tertiary/aromatic N) is 2. The zero-order chi connectivity index (χ0) is 19.3. The van der Waals surface area contributed by atoms with Crippen LogP contribution in [0.25, 0.3) is 0 Å². The largest absolute Gasteiger partial charge is 0.484 e. The number of halogens is 3. The Morgan fingerprint density at radius 2 is 1.73 bits per heavy atom. The molecule has 0 aliphatic rings. The molecule has 2 rings (SSSR count). The molecule has 0 saturated carbocycles. The Balaban J connectivity index is 2.17. The second-order valence-corrected chi connectivity index (χ2v) is 6.09. The molecular formula is C19H21F3N2O2. The SMILES string of the molecule is Cc1cc(Oc2cccc(OCC(F)(F)F)c2)c(C)cc1/N=C/N(C)C. The standard InChI is InChI=1S/C19H21F3N2O2/c1-13-9-18(14(2)8-17(13)23-12-24(3)4)26-16-7-5-6-15(10-16)25-11-19(20,21)22/h5-10,12H,11H2,1-4H3/b23-12+. The maximum absolute atomic E-state index is 12.3. The number of ether oxygens (including phenoxy) is 2. The average molecular weight is 366 g/mol. The van der Waals surface area contributed by atoms with E-state index in [1.807, 2.05) is 45.0 Å². The maximum Gasteiger partial charge on any atom is 0.422 e. The third kappa shape index (κ3) is 5.98. The smallest absolute Gasteiger partial charge is 0.422 e. The molecule has 0 amide bonds. The summed E-state index contributed by atoms with van der Waals surface area (Å²) in [6.45, 7) is 2.46. The molecule has 2 aromatic rings. The molecule has 4 nitrogen and oxygen atoms in total. The van der Waals surface area contributed by atoms with Crippen molar-refractivity contribution in [2.45, 2.75) is 20.0 Å². The fourth-order valence-corrected chi connectivity index (χ4v) is 2.12. The third-order valence-electron chi connectivity index (χ3n) is 3.36. The lowest BCUT2D eigenvalue weighted by Crippen LogP contribution is -2.19. The molecule has 0 aliphatic heterocycles. The highest BCUT2D eigenvalue weighted by molar-refractivity contribution is 5.64. The number of alkyl halides is 3. The summed E-state index contributed by atoms with van der Waals surface area (Å²) in [5, 5.41) is 0. The molecule has 0 spiro atoms. The molecule has 140 valence electrons. The molecule has 0 unspecified atom stereocenters. The van der Waals surface area contributed by atoms with Gasteiger partial charge in [-0.15, -0.1) is 0 Å². The lowest BCUT2D eigenvalue weighted by atomic mass is 10.1. The molecule has 0 heterocycles. The predicted octanol–water partition coefficient (Wildman–Crippen LogP) is 5.26. The second kappa shape index (κ2) is 8.12. The first-order chi connectivity index (χ1) is 12.1. The topological polar surface area (TPSA) is 34.1 Å². The van der Waals surface area contributed by atoms with Crippen LogP contribution in [0.1, 0.15) is 11.1 Å². The number of benzene rings is 2. The number of hydrogen-bond acceptors (Lipinski definition) is 3. The molecule has 0 radical (unpaired) electrons. The zero-order valence-electron chi connectivity index (χ0n) is 15.1. The molecule has 26 heavy (non-hydrogen) atoms. The van der Waals surface area contributed by atoms with Crippen molar-refractivity contribution >= 4 is 12.0 Å². The van der Waals surface area contributed by atoms with Gasteiger partial charge in [0, 0.05) is 20.2 Å². The third-order valence-corrected chi connectivity index (χ3v) is 3.36. The molecular weight excluding hydrogens is 345 g/mol. The molecule has 0 bridgehead atoms. The normalized spacial score (nSPS) is 11.7. The van der Waals surface area contributed by atoms with Crippen LogP contribution in [0.3, 0.4) is 0 Å². The van der Waals surface area contributed by atoms with Crippen LogP contribution in [0.15, 0.2) is 41.4 Å². The molecule has 0 saturated heterocycles. The summed E-state index contributed by atoms with van der Waals surface area (Å²) in [4.78, 5) is 6.23. The van der Waals surface area contributed by atoms with Crippen molar-refractivity contribution in [2.24, 2.45) is 4.99 Å². The van der Waals surface area contributed by atoms with Gasteiger partial charge in [0.05, 0.1) is 12.0 Å². The number of hydrogen-bond donors (Lipinski definition) is 0. The molecule has 0 aliphatic carbocycles. The van der Waals surface area contributed by atoms with Gasteiger partial charge in [0.25, 0.3) is 0 Å². The molecule has 7 heteroatoms. The Kier molecular flexibility index (Phi) is 6.13. The van der Waals surface area contributed by atoms with Crippen LogP contribution in [0.2, 0.25) is 0 Å². The summed E-state index contributed by atoms with van der Waals surface area (Å²) < 4.78 is 47.4. The summed E-state index contributed by atoms with van der Waals surface area (Å²) in [6.07, 6.45) is -2.67. The molecule has 2 aromatic carbocycles. The van der Waals surface area contributed by atoms with Crippen molar-refractivity contribution in [1.29, 1.82) is 0 Å². The average Bonchev–Trinajstić information content (AvgIpc) is 2.54. The summed E-state index contributed by atoms with van der Waals surface area (Å²) >= 11 is 0. The van der Waals surface area contributed by atoms with Gasteiger partial charge < -0.3 is 14.4 Å². The Labute approximate surface area is 150 Å². The van der Waals surface area contributed by atoms with E-state index < -0.39 is 12.8 Å². The van der Waals surface area contributed by atoms with E-state index in [1.54, 1.807) is 18.5 Å². The van der Waals surface area contributed by atoms with Gasteiger partial charge in [0.15, 0.2) is 6.61 Å². The zero-order valence-corrected chi connectivity index (χ0v) is 15.1. The lowest BCUT2D eigenvalue weighted by Gasteiger charge is -2.13. The Hall–Kier alpha value is -2.70. The summed E-state index contributed by atoms with van der Waals surface area (Å²) in [6, 6.07) is 9.87. The van der Waals surface area contributed by atoms with Crippen LogP contribution in [0, 0.1) is 13.8 Å². The predicted molar refractivity (Wildman–Crippen MR) is 95.8 cm³/mol. The first-order valence-corrected chi connectivity index (χ1v) is 7.93. The fraction of sp³-hybridized carbons (Fsp3) is 0.316. The van der Waals surface area contributed by atoms with Gasteiger partial charge in [0.1, 0.15) is 17.2 Å². The Morgan fingerprint density at radius 3 is 2.38 bits per heavy atom. The van der Waals surface area contributed by atoms with Gasteiger partial charge in [-0.3, -0.25) is 0 Å². The van der Waals surface area contributed by atoms with Crippen molar-refractivity contribution < 1.29 is 22.6 Å². The van der Waals surface area contributed by atoms with E-state index in [2.05, 4.69) is 4.99 Å². The minimum absolute atomic E-state index is 0.0985. The van der Waals surface area contributed by atoms with Crippen molar-refractivity contribution in [1.82, 2.24) is 4.90 Å². The van der Waals surface area contributed by atoms with Gasteiger partial charge in [-0.2, -0.15) is 13.2 Å². The first-order valence-electron chi connectivity index (χ1n) is 7.93. The van der Waals surface area contributed by atoms with E-state index in [0.717, 1.165) is 16.8 Å². The Bertz CT molecular complexity index is 787. The van der Waals surface area contributed by atoms with Gasteiger partial charge in [-0.25, -0.2) is 4.99 Å². The fourth-order valence-electron chi connectivity index (χ4n) is 2.12. The highest BCUT2D eigenvalue weighted by Crippen LogP contribution is 2.32. The van der Waals surface area contributed by atoms with E-state index in [1.165, 1.54) is 12.1 Å². The van der Waals surface area contributed by atoms with Gasteiger partial charge in [-0.1, -0.05) is 6.07 Å². The Morgan fingerprint density at radius 1 is 1.04 bits per heavy atom. The van der Waals surface area contributed by atoms with Gasteiger partial charge in [-0.05, 0) is 49.2 Å². The van der Waals surface area contributed by atoms with E-state index in [-0.39, 0.29) is 5.75 Å². The lowest BCUT2D eigenvalue weighted by molar-refractivity contribution is -0.153. The van der Waals surface area contributed by atoms with Crippen LogP contribution in [-0.4, -0.2) is 38.1 Å². The number of aryl methyl sites for hydroxylation is 2. The quantitative estimate of drug-likeness (QED) is 0.517. The minimum Gasteiger partial charge on any atom is -0.484 e. The van der Waals surface area contributed by atoms with Crippen molar-refractivity contribution in [3.05, 3.63) is 47.5 Å². The van der Waals surface area contributed by atoms with E-state index in [4.69, 9.17) is 9.47 Å². The van der Waals surface area contributed by atoms with Crippen LogP contribution in [0.4, 0.5) is 18.9 Å². The second-order valence-electron chi connectivity index (χ2n) is 6.09. The summed E-state index contributed by atoms with van der Waals surface area (Å²) in [5.41, 5.74) is 2.61. The number of rotatable bonds is 6. The number of aliphatic imine (C=N–C) groups is 1. The minimum atomic E-state index is -4.38. The highest BCUT2D eigenvalue weighted by atomic mass is 19.4. The van der Waals surface area contributed by atoms with E-state index in [9.17, 15) is 13.2 Å². The van der Waals surface area contributed by atoms with Crippen molar-refractivity contribution in [3.63, 3.8) is 0 Å². The first kappa shape index (κ1) is 19.6. The van der Waals surface area contributed by atoms with E-state index >= 15 is 0 Å². The van der Waals surface area contributed by atoms with Crippen LogP contribution >= 0.6 is 0 Å².